The van der Waals surface area contributed by atoms with E-state index in [0.717, 1.165) is 69.8 Å². The van der Waals surface area contributed by atoms with Crippen molar-refractivity contribution in [2.24, 2.45) is 5.92 Å². The van der Waals surface area contributed by atoms with Crippen molar-refractivity contribution in [2.45, 2.75) is 44.1 Å². The zero-order chi connectivity index (χ0) is 28.5. The fraction of sp³-hybridized carbons (Fsp3) is 0.533. The molecular formula is C30H32O8S4. The Bertz CT molecular complexity index is 1630. The molecule has 224 valence electrons. The maximum atomic E-state index is 6.35. The van der Waals surface area contributed by atoms with Gasteiger partial charge in [-0.3, -0.25) is 0 Å². The summed E-state index contributed by atoms with van der Waals surface area (Å²) < 4.78 is 52.1. The monoisotopic (exact) mass is 648 g/mol. The van der Waals surface area contributed by atoms with Gasteiger partial charge in [-0.15, -0.1) is 46.2 Å². The average molecular weight is 649 g/mol. The number of rotatable bonds is 3. The van der Waals surface area contributed by atoms with Gasteiger partial charge in [-0.25, -0.2) is 0 Å². The van der Waals surface area contributed by atoms with Gasteiger partial charge in [0.05, 0.1) is 33.9 Å². The molecule has 6 aliphatic rings. The van der Waals surface area contributed by atoms with Gasteiger partial charge >= 0.3 is 0 Å². The number of thiophene rings is 2. The molecule has 2 aromatic heterocycles. The minimum atomic E-state index is -0.0998. The van der Waals surface area contributed by atoms with E-state index in [1.807, 2.05) is 0 Å². The molecule has 2 unspecified atom stereocenters. The van der Waals surface area contributed by atoms with Crippen molar-refractivity contribution < 1.29 is 37.9 Å². The van der Waals surface area contributed by atoms with Crippen molar-refractivity contribution in [2.75, 3.05) is 52.9 Å². The van der Waals surface area contributed by atoms with E-state index in [4.69, 9.17) is 37.9 Å². The highest BCUT2D eigenvalue weighted by Gasteiger charge is 2.44. The Balaban J connectivity index is 1.32. The summed E-state index contributed by atoms with van der Waals surface area (Å²) in [7, 11) is 0. The van der Waals surface area contributed by atoms with Gasteiger partial charge in [0.1, 0.15) is 58.1 Å². The number of fused-ring (bicyclic) bond motifs is 2. The van der Waals surface area contributed by atoms with Crippen molar-refractivity contribution in [1.82, 2.24) is 0 Å². The quantitative estimate of drug-likeness (QED) is 0.428. The second-order valence-corrected chi connectivity index (χ2v) is 15.5. The molecule has 2 atom stereocenters. The highest BCUT2D eigenvalue weighted by atomic mass is 32.2. The normalized spacial score (nSPS) is 27.0. The second kappa shape index (κ2) is 10.7. The molecule has 42 heavy (non-hydrogen) atoms. The molecule has 12 heteroatoms. The van der Waals surface area contributed by atoms with Crippen LogP contribution in [-0.4, -0.2) is 58.1 Å². The maximum absolute atomic E-state index is 6.35. The Morgan fingerprint density at radius 1 is 0.548 bits per heavy atom. The van der Waals surface area contributed by atoms with Crippen LogP contribution in [-0.2, 0) is 18.9 Å². The molecule has 0 radical (unpaired) electrons. The summed E-state index contributed by atoms with van der Waals surface area (Å²) in [6.45, 7) is 13.1. The molecule has 0 saturated carbocycles. The van der Waals surface area contributed by atoms with Crippen LogP contribution in [0.3, 0.4) is 0 Å². The van der Waals surface area contributed by atoms with Crippen LogP contribution < -0.4 is 28.0 Å². The van der Waals surface area contributed by atoms with Crippen LogP contribution in [0.25, 0.3) is 9.81 Å². The zero-order valence-electron chi connectivity index (χ0n) is 23.9. The minimum absolute atomic E-state index is 0.0998. The lowest BCUT2D eigenvalue weighted by atomic mass is 10.1. The van der Waals surface area contributed by atoms with Gasteiger partial charge in [-0.2, -0.15) is 0 Å². The smallest absolute Gasteiger partial charge is 0.181 e. The predicted octanol–water partition coefficient (Wildman–Crippen LogP) is 5.47. The SMILES string of the molecule is CC(C)c1sc(C2S/C(=c3/s/c(=C4/SC(C(C)C)C5=C4OCCO5)c4c3OCCO4)C3=C2OCCO3)c2c1OCCO2. The summed E-state index contributed by atoms with van der Waals surface area (Å²) >= 11 is 6.96. The molecule has 8 rings (SSSR count). The van der Waals surface area contributed by atoms with E-state index >= 15 is 0 Å². The molecule has 0 bridgehead atoms. The van der Waals surface area contributed by atoms with Crippen molar-refractivity contribution in [3.63, 3.8) is 0 Å². The molecule has 0 amide bonds. The maximum Gasteiger partial charge on any atom is 0.181 e. The summed E-state index contributed by atoms with van der Waals surface area (Å²) in [6.07, 6.45) is 0. The van der Waals surface area contributed by atoms with Gasteiger partial charge in [-0.1, -0.05) is 27.7 Å². The number of hydrogen-bond donors (Lipinski definition) is 0. The molecule has 0 N–H and O–H groups in total. The van der Waals surface area contributed by atoms with Crippen LogP contribution in [0, 0.1) is 5.92 Å². The Kier molecular flexibility index (Phi) is 6.96. The Morgan fingerprint density at radius 2 is 1.07 bits per heavy atom. The lowest BCUT2D eigenvalue weighted by molar-refractivity contribution is 0.0679. The summed E-state index contributed by atoms with van der Waals surface area (Å²) in [5, 5.41) is 0.0999. The first kappa shape index (κ1) is 27.3. The summed E-state index contributed by atoms with van der Waals surface area (Å²) in [4.78, 5) is 4.39. The Labute approximate surface area is 260 Å². The van der Waals surface area contributed by atoms with Crippen molar-refractivity contribution in [1.29, 1.82) is 0 Å². The first-order valence-electron chi connectivity index (χ1n) is 14.4. The molecule has 0 saturated heterocycles. The first-order chi connectivity index (χ1) is 20.5. The van der Waals surface area contributed by atoms with Crippen molar-refractivity contribution in [3.05, 3.63) is 41.9 Å². The molecule has 2 aromatic rings. The van der Waals surface area contributed by atoms with E-state index < -0.39 is 0 Å². The van der Waals surface area contributed by atoms with Crippen LogP contribution >= 0.6 is 46.2 Å². The van der Waals surface area contributed by atoms with Gasteiger partial charge in [0, 0.05) is 0 Å². The van der Waals surface area contributed by atoms with E-state index in [1.54, 1.807) is 46.2 Å². The highest BCUT2D eigenvalue weighted by molar-refractivity contribution is 8.09. The van der Waals surface area contributed by atoms with E-state index in [1.165, 1.54) is 4.88 Å². The fourth-order valence-electron chi connectivity index (χ4n) is 5.81. The minimum Gasteiger partial charge on any atom is -0.489 e. The van der Waals surface area contributed by atoms with E-state index in [-0.39, 0.29) is 10.5 Å². The fourth-order valence-corrected chi connectivity index (χ4v) is 11.3. The molecular weight excluding hydrogens is 617 g/mol. The molecule has 8 heterocycles. The van der Waals surface area contributed by atoms with Crippen LogP contribution in [0.15, 0.2) is 23.0 Å². The average Bonchev–Trinajstić information content (AvgIpc) is 3.77. The van der Waals surface area contributed by atoms with Gasteiger partial charge in [0.2, 0.25) is 0 Å². The van der Waals surface area contributed by atoms with E-state index in [2.05, 4.69) is 27.7 Å². The topological polar surface area (TPSA) is 73.8 Å². The van der Waals surface area contributed by atoms with Crippen LogP contribution in [0.2, 0.25) is 0 Å². The number of ether oxygens (including phenoxy) is 8. The van der Waals surface area contributed by atoms with Crippen LogP contribution in [0.5, 0.6) is 23.0 Å². The number of hydrogen-bond acceptors (Lipinski definition) is 12. The third-order valence-corrected chi connectivity index (χ3v) is 13.7. The third kappa shape index (κ3) is 4.22. The first-order valence-corrected chi connectivity index (χ1v) is 17.8. The molecule has 0 fully saturated rings. The highest BCUT2D eigenvalue weighted by Crippen LogP contribution is 2.61. The van der Waals surface area contributed by atoms with Gasteiger partial charge in [-0.05, 0) is 11.8 Å². The molecule has 6 aliphatic heterocycles. The van der Waals surface area contributed by atoms with Crippen LogP contribution in [0.1, 0.15) is 48.6 Å². The Morgan fingerprint density at radius 3 is 1.71 bits per heavy atom. The lowest BCUT2D eigenvalue weighted by Crippen LogP contribution is -2.21. The molecule has 0 spiro atoms. The second-order valence-electron chi connectivity index (χ2n) is 11.2. The van der Waals surface area contributed by atoms with Crippen molar-refractivity contribution >= 4 is 56.0 Å². The summed E-state index contributed by atoms with van der Waals surface area (Å²) in [5.41, 5.74) is 0. The standard InChI is InChI=1S/C30H32O8S4/c1-13(2)23-15-17(33-7-5-31-15)25(39-23)27-19-21(37-11-9-35-19)29(41-27)30-22-20(36-10-12-38-22)28(42-30)26-18-16(32-6-8-34-18)24(40-26)14(3)4/h13-14,23,28H,5-12H2,1-4H3/b27-25+,30-29+. The molecule has 0 aliphatic carbocycles. The van der Waals surface area contributed by atoms with E-state index in [9.17, 15) is 0 Å². The summed E-state index contributed by atoms with van der Waals surface area (Å²) in [6, 6.07) is 0. The largest absolute Gasteiger partial charge is 0.489 e. The van der Waals surface area contributed by atoms with E-state index in [0.29, 0.717) is 64.7 Å². The van der Waals surface area contributed by atoms with Crippen molar-refractivity contribution in [3.8, 4) is 23.0 Å². The van der Waals surface area contributed by atoms with Gasteiger partial charge < -0.3 is 37.9 Å². The van der Waals surface area contributed by atoms with Gasteiger partial charge in [0.15, 0.2) is 46.0 Å². The number of thioether (sulfide) groups is 2. The van der Waals surface area contributed by atoms with Gasteiger partial charge in [0.25, 0.3) is 0 Å². The summed E-state index contributed by atoms with van der Waals surface area (Å²) in [5.74, 6) is 7.39. The lowest BCUT2D eigenvalue weighted by Gasteiger charge is -2.21. The predicted molar refractivity (Wildman–Crippen MR) is 165 cm³/mol. The van der Waals surface area contributed by atoms with Crippen LogP contribution in [0.4, 0.5) is 0 Å². The Hall–Kier alpha value is -2.28. The zero-order valence-corrected chi connectivity index (χ0v) is 27.1. The molecule has 8 nitrogen and oxygen atoms in total. The third-order valence-electron chi connectivity index (χ3n) is 7.64. The molecule has 0 aromatic carbocycles.